The minimum Gasteiger partial charge on any atom is -0.319 e. The van der Waals surface area contributed by atoms with Gasteiger partial charge in [0.25, 0.3) is 0 Å². The quantitative estimate of drug-likeness (QED) is 0.142. The standard InChI is InChI=1S/C46H27N3/c1-48-46-40(27-30(29-47)28-43(46)49-41-21-11-9-15-34(41)35-16-10-12-22-42(35)49)31-23-25-33(26-24-31)45-38-19-7-5-17-36(38)44(32-13-3-2-4-14-32)37-18-6-8-20-39(37)45/h2-28H. The van der Waals surface area contributed by atoms with Gasteiger partial charge in [-0.2, -0.15) is 5.26 Å². The van der Waals surface area contributed by atoms with Gasteiger partial charge in [-0.3, -0.25) is 0 Å². The molecule has 0 spiro atoms. The first-order chi connectivity index (χ1) is 24.2. The molecule has 9 rings (SSSR count). The van der Waals surface area contributed by atoms with Crippen LogP contribution in [0.2, 0.25) is 0 Å². The van der Waals surface area contributed by atoms with Gasteiger partial charge in [0.05, 0.1) is 34.9 Å². The molecule has 8 aromatic carbocycles. The second-order valence-electron chi connectivity index (χ2n) is 12.3. The number of para-hydroxylation sites is 2. The fourth-order valence-electron chi connectivity index (χ4n) is 7.55. The van der Waals surface area contributed by atoms with E-state index in [9.17, 15) is 5.26 Å². The third kappa shape index (κ3) is 4.42. The van der Waals surface area contributed by atoms with Gasteiger partial charge in [-0.25, -0.2) is 4.85 Å². The molecule has 0 aliphatic heterocycles. The van der Waals surface area contributed by atoms with Gasteiger partial charge in [-0.15, -0.1) is 0 Å². The number of nitriles is 1. The topological polar surface area (TPSA) is 33.1 Å². The molecular formula is C46H27N3. The number of fused-ring (bicyclic) bond motifs is 5. The lowest BCUT2D eigenvalue weighted by Crippen LogP contribution is -1.97. The molecule has 0 aliphatic carbocycles. The van der Waals surface area contributed by atoms with Crippen molar-refractivity contribution >= 4 is 49.0 Å². The lowest BCUT2D eigenvalue weighted by molar-refractivity contribution is 1.18. The van der Waals surface area contributed by atoms with Gasteiger partial charge in [0, 0.05) is 10.8 Å². The van der Waals surface area contributed by atoms with Crippen LogP contribution in [0.15, 0.2) is 164 Å². The molecular weight excluding hydrogens is 595 g/mol. The van der Waals surface area contributed by atoms with Gasteiger partial charge in [0.15, 0.2) is 0 Å². The maximum Gasteiger partial charge on any atom is 0.218 e. The summed E-state index contributed by atoms with van der Waals surface area (Å²) >= 11 is 0. The first-order valence-corrected chi connectivity index (χ1v) is 16.3. The fraction of sp³-hybridized carbons (Fsp3) is 0. The average molecular weight is 622 g/mol. The van der Waals surface area contributed by atoms with E-state index in [1.54, 1.807) is 0 Å². The highest BCUT2D eigenvalue weighted by atomic mass is 15.0. The molecule has 9 aromatic rings. The summed E-state index contributed by atoms with van der Waals surface area (Å²) in [6, 6.07) is 58.9. The Morgan fingerprint density at radius 1 is 0.469 bits per heavy atom. The third-order valence-corrected chi connectivity index (χ3v) is 9.63. The molecule has 226 valence electrons. The Hall–Kier alpha value is -6.94. The minimum atomic E-state index is 0.511. The first-order valence-electron chi connectivity index (χ1n) is 16.3. The zero-order valence-electron chi connectivity index (χ0n) is 26.4. The van der Waals surface area contributed by atoms with Crippen molar-refractivity contribution in [2.45, 2.75) is 0 Å². The van der Waals surface area contributed by atoms with Crippen molar-refractivity contribution in [2.75, 3.05) is 0 Å². The molecule has 0 saturated heterocycles. The van der Waals surface area contributed by atoms with Crippen molar-refractivity contribution < 1.29 is 0 Å². The summed E-state index contributed by atoms with van der Waals surface area (Å²) in [5.74, 6) is 0. The summed E-state index contributed by atoms with van der Waals surface area (Å²) in [6.45, 7) is 8.40. The van der Waals surface area contributed by atoms with Gasteiger partial charge in [-0.05, 0) is 79.2 Å². The van der Waals surface area contributed by atoms with Crippen molar-refractivity contribution in [3.05, 3.63) is 181 Å². The Labute approximate surface area is 284 Å². The number of hydrogen-bond acceptors (Lipinski definition) is 1. The molecule has 0 aliphatic rings. The first kappa shape index (κ1) is 28.3. The average Bonchev–Trinajstić information content (AvgIpc) is 3.51. The zero-order chi connectivity index (χ0) is 32.9. The molecule has 0 atom stereocenters. The minimum absolute atomic E-state index is 0.511. The van der Waals surface area contributed by atoms with E-state index in [0.717, 1.165) is 38.5 Å². The number of rotatable bonds is 4. The predicted molar refractivity (Wildman–Crippen MR) is 203 cm³/mol. The highest BCUT2D eigenvalue weighted by Crippen LogP contribution is 2.45. The molecule has 0 radical (unpaired) electrons. The van der Waals surface area contributed by atoms with Crippen LogP contribution in [0, 0.1) is 17.9 Å². The van der Waals surface area contributed by atoms with E-state index in [1.807, 2.05) is 36.4 Å². The van der Waals surface area contributed by atoms with Crippen molar-refractivity contribution in [3.8, 4) is 45.1 Å². The Morgan fingerprint density at radius 2 is 0.898 bits per heavy atom. The Morgan fingerprint density at radius 3 is 1.39 bits per heavy atom. The van der Waals surface area contributed by atoms with Gasteiger partial charge < -0.3 is 4.57 Å². The molecule has 1 heterocycles. The second-order valence-corrected chi connectivity index (χ2v) is 12.3. The van der Waals surface area contributed by atoms with Gasteiger partial charge in [0.1, 0.15) is 0 Å². The summed E-state index contributed by atoms with van der Waals surface area (Å²) < 4.78 is 2.13. The van der Waals surface area contributed by atoms with Crippen LogP contribution in [0.4, 0.5) is 5.69 Å². The van der Waals surface area contributed by atoms with E-state index in [0.29, 0.717) is 16.9 Å². The van der Waals surface area contributed by atoms with Crippen LogP contribution in [0.5, 0.6) is 0 Å². The molecule has 0 amide bonds. The van der Waals surface area contributed by atoms with Gasteiger partial charge in [0.2, 0.25) is 5.69 Å². The fourth-order valence-corrected chi connectivity index (χ4v) is 7.55. The van der Waals surface area contributed by atoms with E-state index in [2.05, 4.69) is 143 Å². The van der Waals surface area contributed by atoms with Crippen LogP contribution in [0.25, 0.3) is 87.3 Å². The summed E-state index contributed by atoms with van der Waals surface area (Å²) in [6.07, 6.45) is 0. The number of hydrogen-bond donors (Lipinski definition) is 0. The lowest BCUT2D eigenvalue weighted by Gasteiger charge is -2.18. The molecule has 1 aromatic heterocycles. The lowest BCUT2D eigenvalue weighted by atomic mass is 9.85. The zero-order valence-corrected chi connectivity index (χ0v) is 26.4. The number of nitrogens with zero attached hydrogens (tertiary/aromatic N) is 3. The summed E-state index contributed by atoms with van der Waals surface area (Å²) in [5, 5.41) is 17.2. The summed E-state index contributed by atoms with van der Waals surface area (Å²) in [5.41, 5.74) is 10.1. The molecule has 0 saturated carbocycles. The Bertz CT molecular complexity index is 2720. The molecule has 0 bridgehead atoms. The van der Waals surface area contributed by atoms with Gasteiger partial charge in [-0.1, -0.05) is 140 Å². The highest BCUT2D eigenvalue weighted by Gasteiger charge is 2.20. The van der Waals surface area contributed by atoms with Crippen LogP contribution >= 0.6 is 0 Å². The molecule has 3 heteroatoms. The van der Waals surface area contributed by atoms with E-state index in [-0.39, 0.29) is 0 Å². The predicted octanol–water partition coefficient (Wildman–Crippen LogP) is 12.5. The largest absolute Gasteiger partial charge is 0.319 e. The number of benzene rings is 8. The van der Waals surface area contributed by atoms with Crippen molar-refractivity contribution in [2.24, 2.45) is 0 Å². The highest BCUT2D eigenvalue weighted by molar-refractivity contribution is 6.21. The van der Waals surface area contributed by atoms with Crippen LogP contribution in [0.1, 0.15) is 5.56 Å². The maximum absolute atomic E-state index is 10.2. The van der Waals surface area contributed by atoms with Crippen LogP contribution < -0.4 is 0 Å². The third-order valence-electron chi connectivity index (χ3n) is 9.63. The van der Waals surface area contributed by atoms with Crippen molar-refractivity contribution in [1.82, 2.24) is 4.57 Å². The second kappa shape index (κ2) is 11.4. The van der Waals surface area contributed by atoms with E-state index < -0.39 is 0 Å². The van der Waals surface area contributed by atoms with E-state index >= 15 is 0 Å². The van der Waals surface area contributed by atoms with Crippen LogP contribution in [-0.4, -0.2) is 4.57 Å². The van der Waals surface area contributed by atoms with E-state index in [1.165, 1.54) is 38.2 Å². The normalized spacial score (nSPS) is 11.2. The summed E-state index contributed by atoms with van der Waals surface area (Å²) in [4.78, 5) is 4.11. The van der Waals surface area contributed by atoms with E-state index in [4.69, 9.17) is 6.57 Å². The maximum atomic E-state index is 10.2. The van der Waals surface area contributed by atoms with Crippen LogP contribution in [-0.2, 0) is 0 Å². The van der Waals surface area contributed by atoms with Crippen molar-refractivity contribution in [3.63, 3.8) is 0 Å². The van der Waals surface area contributed by atoms with Crippen LogP contribution in [0.3, 0.4) is 0 Å². The molecule has 0 N–H and O–H groups in total. The smallest absolute Gasteiger partial charge is 0.218 e. The Balaban J connectivity index is 1.25. The van der Waals surface area contributed by atoms with Gasteiger partial charge >= 0.3 is 0 Å². The summed E-state index contributed by atoms with van der Waals surface area (Å²) in [7, 11) is 0. The Kier molecular flexibility index (Phi) is 6.58. The number of aromatic nitrogens is 1. The SMILES string of the molecule is [C-]#[N+]c1c(-c2ccc(-c3c4ccccc4c(-c4ccccc4)c4ccccc34)cc2)cc(C#N)cc1-n1c2ccccc2c2ccccc21. The molecule has 0 unspecified atom stereocenters. The molecule has 3 nitrogen and oxygen atoms in total. The van der Waals surface area contributed by atoms with Crippen molar-refractivity contribution in [1.29, 1.82) is 5.26 Å². The monoisotopic (exact) mass is 621 g/mol. The molecule has 49 heavy (non-hydrogen) atoms. The molecule has 0 fully saturated rings.